The average molecular weight is 303 g/mol. The highest BCUT2D eigenvalue weighted by molar-refractivity contribution is 6.34. The number of halogens is 1. The summed E-state index contributed by atoms with van der Waals surface area (Å²) in [5, 5.41) is 0.415. The third-order valence-corrected chi connectivity index (χ3v) is 3.74. The Labute approximate surface area is 130 Å². The minimum Gasteiger partial charge on any atom is -0.457 e. The highest BCUT2D eigenvalue weighted by Crippen LogP contribution is 2.31. The third-order valence-electron chi connectivity index (χ3n) is 3.43. The molecule has 3 heteroatoms. The van der Waals surface area contributed by atoms with Crippen LogP contribution in [-0.4, -0.2) is 5.78 Å². The Morgan fingerprint density at radius 2 is 1.86 bits per heavy atom. The minimum atomic E-state index is -0.0514. The van der Waals surface area contributed by atoms with Gasteiger partial charge in [-0.15, -0.1) is 0 Å². The fourth-order valence-electron chi connectivity index (χ4n) is 2.06. The molecule has 0 N–H and O–H groups in total. The molecule has 110 valence electrons. The lowest BCUT2D eigenvalue weighted by molar-refractivity contribution is 0.101. The van der Waals surface area contributed by atoms with Crippen LogP contribution < -0.4 is 4.74 Å². The van der Waals surface area contributed by atoms with Crippen molar-refractivity contribution < 1.29 is 9.53 Å². The summed E-state index contributed by atoms with van der Waals surface area (Å²) in [6.45, 7) is 7.79. The molecule has 0 unspecified atom stereocenters. The summed E-state index contributed by atoms with van der Waals surface area (Å²) in [7, 11) is 0. The first-order chi connectivity index (χ1) is 9.88. The predicted octanol–water partition coefficient (Wildman–Crippen LogP) is 5.77. The highest BCUT2D eigenvalue weighted by atomic mass is 35.5. The quantitative estimate of drug-likeness (QED) is 0.670. The van der Waals surface area contributed by atoms with E-state index in [0.717, 1.165) is 11.3 Å². The third kappa shape index (κ3) is 3.64. The summed E-state index contributed by atoms with van der Waals surface area (Å²) < 4.78 is 5.92. The van der Waals surface area contributed by atoms with Gasteiger partial charge in [0, 0.05) is 11.6 Å². The van der Waals surface area contributed by atoms with Crippen molar-refractivity contribution in [3.8, 4) is 11.5 Å². The second-order valence-corrected chi connectivity index (χ2v) is 5.89. The Kier molecular flexibility index (Phi) is 4.69. The standard InChI is InChI=1S/C18H19ClO2/c1-11(2)14-6-5-12(3)18(9-14)21-15-7-8-16(13(4)20)17(19)10-15/h5-11H,1-4H3. The van der Waals surface area contributed by atoms with Crippen LogP contribution in [0, 0.1) is 6.92 Å². The molecule has 0 aromatic heterocycles. The monoisotopic (exact) mass is 302 g/mol. The van der Waals surface area contributed by atoms with E-state index in [0.29, 0.717) is 22.3 Å². The number of ether oxygens (including phenoxy) is 1. The lowest BCUT2D eigenvalue weighted by Gasteiger charge is -2.13. The van der Waals surface area contributed by atoms with Gasteiger partial charge >= 0.3 is 0 Å². The van der Waals surface area contributed by atoms with Gasteiger partial charge in [0.2, 0.25) is 0 Å². The Hall–Kier alpha value is -1.80. The van der Waals surface area contributed by atoms with Crippen molar-refractivity contribution in [2.24, 2.45) is 0 Å². The maximum Gasteiger partial charge on any atom is 0.161 e. The van der Waals surface area contributed by atoms with Crippen LogP contribution in [0.3, 0.4) is 0 Å². The largest absolute Gasteiger partial charge is 0.457 e. The topological polar surface area (TPSA) is 26.3 Å². The molecule has 0 amide bonds. The molecule has 0 spiro atoms. The number of hydrogen-bond acceptors (Lipinski definition) is 2. The molecular weight excluding hydrogens is 284 g/mol. The van der Waals surface area contributed by atoms with Gasteiger partial charge in [0.05, 0.1) is 5.02 Å². The highest BCUT2D eigenvalue weighted by Gasteiger charge is 2.09. The Balaban J connectivity index is 2.32. The molecule has 0 fully saturated rings. The molecule has 0 aliphatic heterocycles. The maximum absolute atomic E-state index is 11.4. The second kappa shape index (κ2) is 6.31. The minimum absolute atomic E-state index is 0.0514. The summed E-state index contributed by atoms with van der Waals surface area (Å²) in [4.78, 5) is 11.4. The number of hydrogen-bond donors (Lipinski definition) is 0. The first-order valence-electron chi connectivity index (χ1n) is 6.97. The summed E-state index contributed by atoms with van der Waals surface area (Å²) in [5.41, 5.74) is 2.80. The van der Waals surface area contributed by atoms with E-state index >= 15 is 0 Å². The Morgan fingerprint density at radius 1 is 1.14 bits per heavy atom. The van der Waals surface area contributed by atoms with Crippen LogP contribution in [0.15, 0.2) is 36.4 Å². The van der Waals surface area contributed by atoms with Crippen molar-refractivity contribution in [1.82, 2.24) is 0 Å². The van der Waals surface area contributed by atoms with Crippen LogP contribution in [0.1, 0.15) is 48.2 Å². The van der Waals surface area contributed by atoms with E-state index in [2.05, 4.69) is 26.0 Å². The van der Waals surface area contributed by atoms with Gasteiger partial charge in [-0.1, -0.05) is 37.6 Å². The van der Waals surface area contributed by atoms with Crippen LogP contribution in [0.2, 0.25) is 5.02 Å². The molecule has 21 heavy (non-hydrogen) atoms. The van der Waals surface area contributed by atoms with Gasteiger partial charge in [0.1, 0.15) is 11.5 Å². The van der Waals surface area contributed by atoms with E-state index in [1.165, 1.54) is 12.5 Å². The zero-order chi connectivity index (χ0) is 15.6. The Morgan fingerprint density at radius 3 is 2.43 bits per heavy atom. The number of carbonyl (C=O) groups excluding carboxylic acids is 1. The summed E-state index contributed by atoms with van der Waals surface area (Å²) in [6.07, 6.45) is 0. The zero-order valence-corrected chi connectivity index (χ0v) is 13.5. The van der Waals surface area contributed by atoms with Crippen molar-refractivity contribution in [1.29, 1.82) is 0 Å². The van der Waals surface area contributed by atoms with Crippen molar-refractivity contribution >= 4 is 17.4 Å². The average Bonchev–Trinajstić information content (AvgIpc) is 2.40. The van der Waals surface area contributed by atoms with E-state index in [4.69, 9.17) is 16.3 Å². The molecular formula is C18H19ClO2. The zero-order valence-electron chi connectivity index (χ0n) is 12.7. The molecule has 0 saturated heterocycles. The Bertz CT molecular complexity index is 675. The van der Waals surface area contributed by atoms with E-state index < -0.39 is 0 Å². The fraction of sp³-hybridized carbons (Fsp3) is 0.278. The van der Waals surface area contributed by atoms with Gasteiger partial charge in [-0.2, -0.15) is 0 Å². The van der Waals surface area contributed by atoms with Crippen molar-refractivity contribution in [2.75, 3.05) is 0 Å². The molecule has 2 aromatic carbocycles. The molecule has 0 atom stereocenters. The van der Waals surface area contributed by atoms with Crippen LogP contribution in [0.5, 0.6) is 11.5 Å². The molecule has 0 saturated carbocycles. The molecule has 0 bridgehead atoms. The van der Waals surface area contributed by atoms with E-state index in [1.807, 2.05) is 13.0 Å². The van der Waals surface area contributed by atoms with Crippen molar-refractivity contribution in [3.05, 3.63) is 58.1 Å². The van der Waals surface area contributed by atoms with Crippen LogP contribution >= 0.6 is 11.6 Å². The first kappa shape index (κ1) is 15.6. The smallest absolute Gasteiger partial charge is 0.161 e. The normalized spacial score (nSPS) is 10.8. The van der Waals surface area contributed by atoms with Gasteiger partial charge in [0.25, 0.3) is 0 Å². The van der Waals surface area contributed by atoms with E-state index in [1.54, 1.807) is 18.2 Å². The van der Waals surface area contributed by atoms with Gasteiger partial charge < -0.3 is 4.74 Å². The number of ketones is 1. The predicted molar refractivity (Wildman–Crippen MR) is 86.8 cm³/mol. The van der Waals surface area contributed by atoms with Crippen LogP contribution in [0.4, 0.5) is 0 Å². The van der Waals surface area contributed by atoms with Gasteiger partial charge in [-0.25, -0.2) is 0 Å². The van der Waals surface area contributed by atoms with E-state index in [9.17, 15) is 4.79 Å². The second-order valence-electron chi connectivity index (χ2n) is 5.48. The van der Waals surface area contributed by atoms with Crippen LogP contribution in [-0.2, 0) is 0 Å². The van der Waals surface area contributed by atoms with Crippen molar-refractivity contribution in [3.63, 3.8) is 0 Å². The number of benzene rings is 2. The number of aryl methyl sites for hydroxylation is 1. The number of rotatable bonds is 4. The number of carbonyl (C=O) groups is 1. The molecule has 0 heterocycles. The van der Waals surface area contributed by atoms with Crippen LogP contribution in [0.25, 0.3) is 0 Å². The molecule has 0 aliphatic carbocycles. The number of Topliss-reactive ketones (excluding diaryl/α,β-unsaturated/α-hetero) is 1. The molecule has 0 radical (unpaired) electrons. The van der Waals surface area contributed by atoms with Gasteiger partial charge in [-0.05, 0) is 49.1 Å². The molecule has 2 aromatic rings. The van der Waals surface area contributed by atoms with Gasteiger partial charge in [-0.3, -0.25) is 4.79 Å². The molecule has 2 rings (SSSR count). The summed E-state index contributed by atoms with van der Waals surface area (Å²) in [6, 6.07) is 11.4. The summed E-state index contributed by atoms with van der Waals surface area (Å²) >= 11 is 6.11. The SMILES string of the molecule is CC(=O)c1ccc(Oc2cc(C(C)C)ccc2C)cc1Cl. The molecule has 2 nitrogen and oxygen atoms in total. The molecule has 0 aliphatic rings. The lowest BCUT2D eigenvalue weighted by Crippen LogP contribution is -1.95. The van der Waals surface area contributed by atoms with E-state index in [-0.39, 0.29) is 5.78 Å². The maximum atomic E-state index is 11.4. The van der Waals surface area contributed by atoms with Crippen molar-refractivity contribution in [2.45, 2.75) is 33.6 Å². The lowest BCUT2D eigenvalue weighted by atomic mass is 10.0. The fourth-order valence-corrected chi connectivity index (χ4v) is 2.36. The first-order valence-corrected chi connectivity index (χ1v) is 7.35. The van der Waals surface area contributed by atoms with Gasteiger partial charge in [0.15, 0.2) is 5.78 Å². The summed E-state index contributed by atoms with van der Waals surface area (Å²) in [5.74, 6) is 1.84.